The number of nitrogens with zero attached hydrogens (tertiary/aromatic N) is 2. The van der Waals surface area contributed by atoms with Crippen molar-refractivity contribution in [2.45, 2.75) is 20.8 Å². The van der Waals surface area contributed by atoms with Gasteiger partial charge in [-0.05, 0) is 12.8 Å². The molecule has 0 aromatic heterocycles. The second-order valence-electron chi connectivity index (χ2n) is 3.18. The summed E-state index contributed by atoms with van der Waals surface area (Å²) in [6, 6.07) is 0. The van der Waals surface area contributed by atoms with Crippen LogP contribution >= 0.6 is 0 Å². The first-order valence-electron chi connectivity index (χ1n) is 3.90. The molecule has 3 nitrogen and oxygen atoms in total. The molecule has 0 aromatic rings. The Morgan fingerprint density at radius 1 is 1.27 bits per heavy atom. The Balaban J connectivity index is 2.83. The van der Waals surface area contributed by atoms with Gasteiger partial charge in [-0.3, -0.25) is 5.01 Å². The molecule has 1 rings (SSSR count). The van der Waals surface area contributed by atoms with Crippen molar-refractivity contribution in [3.8, 4) is 0 Å². The van der Waals surface area contributed by atoms with Crippen LogP contribution in [-0.2, 0) is 4.84 Å². The third kappa shape index (κ3) is 1.33. The lowest BCUT2D eigenvalue weighted by Gasteiger charge is -2.22. The molecule has 1 heterocycles. The molecule has 0 N–H and O–H groups in total. The Morgan fingerprint density at radius 3 is 2.00 bits per heavy atom. The van der Waals surface area contributed by atoms with Gasteiger partial charge in [-0.25, -0.2) is 0 Å². The van der Waals surface area contributed by atoms with E-state index in [0.29, 0.717) is 5.92 Å². The van der Waals surface area contributed by atoms with Crippen LogP contribution in [-0.4, -0.2) is 24.3 Å². The van der Waals surface area contributed by atoms with Gasteiger partial charge in [0.05, 0.1) is 5.70 Å². The lowest BCUT2D eigenvalue weighted by atomic mass is 10.1. The van der Waals surface area contributed by atoms with E-state index in [0.717, 1.165) is 5.76 Å². The summed E-state index contributed by atoms with van der Waals surface area (Å²) in [5.41, 5.74) is 1.26. The first-order chi connectivity index (χ1) is 5.04. The number of hydrogen-bond acceptors (Lipinski definition) is 3. The summed E-state index contributed by atoms with van der Waals surface area (Å²) in [6.45, 7) is 6.32. The number of rotatable bonds is 1. The van der Waals surface area contributed by atoms with Crippen LogP contribution in [0.5, 0.6) is 0 Å². The van der Waals surface area contributed by atoms with E-state index >= 15 is 0 Å². The van der Waals surface area contributed by atoms with Crippen molar-refractivity contribution in [3.05, 3.63) is 11.5 Å². The summed E-state index contributed by atoms with van der Waals surface area (Å²) in [4.78, 5) is 5.39. The third-order valence-electron chi connectivity index (χ3n) is 1.95. The zero-order valence-electron chi connectivity index (χ0n) is 7.88. The molecule has 1 aliphatic rings. The molecule has 0 radical (unpaired) electrons. The number of hydrogen-bond donors (Lipinski definition) is 0. The van der Waals surface area contributed by atoms with Crippen LogP contribution in [0, 0.1) is 5.92 Å². The third-order valence-corrected chi connectivity index (χ3v) is 1.95. The van der Waals surface area contributed by atoms with Gasteiger partial charge in [-0.2, -0.15) is 0 Å². The van der Waals surface area contributed by atoms with Gasteiger partial charge in [0.1, 0.15) is 5.76 Å². The topological polar surface area (TPSA) is 15.7 Å². The Morgan fingerprint density at radius 2 is 1.82 bits per heavy atom. The van der Waals surface area contributed by atoms with Crippen molar-refractivity contribution in [1.82, 2.24) is 10.2 Å². The fraction of sp³-hybridized carbons (Fsp3) is 0.750. The molecule has 0 bridgehead atoms. The van der Waals surface area contributed by atoms with E-state index in [2.05, 4.69) is 13.8 Å². The minimum atomic E-state index is 0.518. The van der Waals surface area contributed by atoms with E-state index in [1.807, 2.05) is 26.0 Å². The fourth-order valence-electron chi connectivity index (χ4n) is 1.47. The van der Waals surface area contributed by atoms with Gasteiger partial charge in [0, 0.05) is 14.1 Å². The molecule has 0 aliphatic carbocycles. The quantitative estimate of drug-likeness (QED) is 0.573. The van der Waals surface area contributed by atoms with Crippen LogP contribution in [0.15, 0.2) is 11.5 Å². The lowest BCUT2D eigenvalue weighted by Crippen LogP contribution is -2.30. The lowest BCUT2D eigenvalue weighted by molar-refractivity contribution is -0.184. The summed E-state index contributed by atoms with van der Waals surface area (Å²) in [7, 11) is 3.91. The number of allylic oxidation sites excluding steroid dienone is 2. The predicted molar refractivity (Wildman–Crippen MR) is 44.1 cm³/mol. The van der Waals surface area contributed by atoms with Gasteiger partial charge >= 0.3 is 0 Å². The van der Waals surface area contributed by atoms with Crippen LogP contribution < -0.4 is 0 Å². The van der Waals surface area contributed by atoms with Crippen LogP contribution in [0.2, 0.25) is 0 Å². The Labute approximate surface area is 68.2 Å². The molecule has 0 spiro atoms. The zero-order valence-corrected chi connectivity index (χ0v) is 7.88. The van der Waals surface area contributed by atoms with E-state index in [1.165, 1.54) is 5.70 Å². The normalized spacial score (nSPS) is 20.0. The molecule has 0 amide bonds. The first-order valence-corrected chi connectivity index (χ1v) is 3.90. The minimum absolute atomic E-state index is 0.518. The molecule has 0 atom stereocenters. The predicted octanol–water partition coefficient (Wildman–Crippen LogP) is 1.60. The van der Waals surface area contributed by atoms with Crippen molar-refractivity contribution in [3.63, 3.8) is 0 Å². The summed E-state index contributed by atoms with van der Waals surface area (Å²) in [5, 5.41) is 3.77. The highest BCUT2D eigenvalue weighted by molar-refractivity contribution is 5.08. The van der Waals surface area contributed by atoms with E-state index in [-0.39, 0.29) is 0 Å². The first kappa shape index (κ1) is 8.40. The van der Waals surface area contributed by atoms with Gasteiger partial charge in [-0.1, -0.05) is 19.0 Å². The molecule has 11 heavy (non-hydrogen) atoms. The molecule has 0 saturated carbocycles. The zero-order chi connectivity index (χ0) is 8.59. The maximum absolute atomic E-state index is 5.39. The molecule has 0 fully saturated rings. The second kappa shape index (κ2) is 2.74. The van der Waals surface area contributed by atoms with E-state index < -0.39 is 0 Å². The Hall–Kier alpha value is -0.700. The van der Waals surface area contributed by atoms with E-state index in [4.69, 9.17) is 4.84 Å². The van der Waals surface area contributed by atoms with E-state index in [9.17, 15) is 0 Å². The van der Waals surface area contributed by atoms with Crippen molar-refractivity contribution in [1.29, 1.82) is 0 Å². The largest absolute Gasteiger partial charge is 0.389 e. The molecule has 1 aliphatic heterocycles. The summed E-state index contributed by atoms with van der Waals surface area (Å²) in [5.74, 6) is 1.52. The van der Waals surface area contributed by atoms with Gasteiger partial charge in [0.15, 0.2) is 0 Å². The van der Waals surface area contributed by atoms with Crippen LogP contribution in [0.4, 0.5) is 0 Å². The highest BCUT2D eigenvalue weighted by atomic mass is 16.7. The highest BCUT2D eigenvalue weighted by Crippen LogP contribution is 2.26. The molecule has 0 aromatic carbocycles. The van der Waals surface area contributed by atoms with Gasteiger partial charge in [0.2, 0.25) is 0 Å². The summed E-state index contributed by atoms with van der Waals surface area (Å²) < 4.78 is 0. The summed E-state index contributed by atoms with van der Waals surface area (Å²) in [6.07, 6.45) is 0. The minimum Gasteiger partial charge on any atom is -0.389 e. The molecule has 0 unspecified atom stereocenters. The van der Waals surface area contributed by atoms with Crippen LogP contribution in [0.25, 0.3) is 0 Å². The SMILES string of the molecule is CC1=C(C(C)C)N(C)N(C)O1. The standard InChI is InChI=1S/C8H16N2O/c1-6(2)8-7(3)11-10(5)9(8)4/h6H,1-5H3. The monoisotopic (exact) mass is 156 g/mol. The van der Waals surface area contributed by atoms with Gasteiger partial charge in [0.25, 0.3) is 0 Å². The Kier molecular flexibility index (Phi) is 2.09. The van der Waals surface area contributed by atoms with Gasteiger partial charge in [-0.15, -0.1) is 0 Å². The molecular weight excluding hydrogens is 140 g/mol. The van der Waals surface area contributed by atoms with Gasteiger partial charge < -0.3 is 4.84 Å². The number of hydroxylamine groups is 1. The average molecular weight is 156 g/mol. The van der Waals surface area contributed by atoms with Crippen LogP contribution in [0.1, 0.15) is 20.8 Å². The maximum Gasteiger partial charge on any atom is 0.144 e. The highest BCUT2D eigenvalue weighted by Gasteiger charge is 2.25. The maximum atomic E-state index is 5.39. The summed E-state index contributed by atoms with van der Waals surface area (Å²) >= 11 is 0. The molecular formula is C8H16N2O. The molecule has 0 saturated heterocycles. The van der Waals surface area contributed by atoms with Crippen molar-refractivity contribution < 1.29 is 4.84 Å². The molecule has 64 valence electrons. The fourth-order valence-corrected chi connectivity index (χ4v) is 1.47. The number of hydrazine groups is 1. The van der Waals surface area contributed by atoms with Crippen molar-refractivity contribution in [2.75, 3.05) is 14.1 Å². The van der Waals surface area contributed by atoms with E-state index in [1.54, 1.807) is 5.17 Å². The van der Waals surface area contributed by atoms with Crippen molar-refractivity contribution >= 4 is 0 Å². The van der Waals surface area contributed by atoms with Crippen molar-refractivity contribution in [2.24, 2.45) is 5.92 Å². The van der Waals surface area contributed by atoms with Crippen LogP contribution in [0.3, 0.4) is 0 Å². The Bertz CT molecular complexity index is 187. The average Bonchev–Trinajstić information content (AvgIpc) is 2.07. The second-order valence-corrected chi connectivity index (χ2v) is 3.18. The molecule has 3 heteroatoms. The smallest absolute Gasteiger partial charge is 0.144 e.